The number of rotatable bonds is 6. The molecule has 3 heteroatoms. The first-order valence-corrected chi connectivity index (χ1v) is 6.92. The highest BCUT2D eigenvalue weighted by molar-refractivity contribution is 5.79. The number of allylic oxidation sites excluding steroid dienone is 1. The summed E-state index contributed by atoms with van der Waals surface area (Å²) in [6.45, 7) is 6.72. The predicted molar refractivity (Wildman–Crippen MR) is 83.3 cm³/mol. The van der Waals surface area contributed by atoms with Gasteiger partial charge < -0.3 is 10.2 Å². The second-order valence-corrected chi connectivity index (χ2v) is 4.44. The summed E-state index contributed by atoms with van der Waals surface area (Å²) in [7, 11) is 2.07. The van der Waals surface area contributed by atoms with Gasteiger partial charge in [0.2, 0.25) is 0 Å². The Kier molecular flexibility index (Phi) is 7.40. The van der Waals surface area contributed by atoms with Gasteiger partial charge in [-0.1, -0.05) is 42.5 Å². The van der Waals surface area contributed by atoms with Crippen LogP contribution in [0.4, 0.5) is 0 Å². The number of benzene rings is 1. The average molecular weight is 259 g/mol. The van der Waals surface area contributed by atoms with E-state index in [1.165, 1.54) is 5.56 Å². The lowest BCUT2D eigenvalue weighted by atomic mass is 10.2. The summed E-state index contributed by atoms with van der Waals surface area (Å²) >= 11 is 0. The minimum absolute atomic E-state index is 0.825. The van der Waals surface area contributed by atoms with E-state index in [1.807, 2.05) is 13.0 Å². The first-order valence-electron chi connectivity index (χ1n) is 6.92. The van der Waals surface area contributed by atoms with Gasteiger partial charge in [0.1, 0.15) is 0 Å². The average Bonchev–Trinajstić information content (AvgIpc) is 2.43. The van der Waals surface area contributed by atoms with E-state index in [0.29, 0.717) is 0 Å². The lowest BCUT2D eigenvalue weighted by Gasteiger charge is -2.22. The van der Waals surface area contributed by atoms with Crippen LogP contribution in [-0.4, -0.2) is 31.0 Å². The highest BCUT2D eigenvalue weighted by atomic mass is 15.3. The van der Waals surface area contributed by atoms with Crippen LogP contribution in [0.5, 0.6) is 0 Å². The number of hydrogen-bond donors (Lipinski definition) is 1. The Balaban J connectivity index is 2.59. The summed E-state index contributed by atoms with van der Waals surface area (Å²) in [5.74, 6) is 0.968. The SMILES string of the molecule is C/C=C/CCN=C(NCC)N(C)Cc1ccccc1. The fraction of sp³-hybridized carbons (Fsp3) is 0.438. The molecule has 104 valence electrons. The second-order valence-electron chi connectivity index (χ2n) is 4.44. The van der Waals surface area contributed by atoms with Gasteiger partial charge in [-0.05, 0) is 25.8 Å². The number of guanidine groups is 1. The third-order valence-corrected chi connectivity index (χ3v) is 2.75. The third-order valence-electron chi connectivity index (χ3n) is 2.75. The van der Waals surface area contributed by atoms with E-state index in [4.69, 9.17) is 0 Å². The van der Waals surface area contributed by atoms with Gasteiger partial charge in [-0.15, -0.1) is 0 Å². The number of nitrogens with one attached hydrogen (secondary N) is 1. The van der Waals surface area contributed by atoms with E-state index < -0.39 is 0 Å². The molecular formula is C16H25N3. The zero-order valence-electron chi connectivity index (χ0n) is 12.3. The van der Waals surface area contributed by atoms with Crippen molar-refractivity contribution < 1.29 is 0 Å². The highest BCUT2D eigenvalue weighted by Gasteiger charge is 2.05. The Bertz CT molecular complexity index is 396. The Morgan fingerprint density at radius 2 is 2.05 bits per heavy atom. The molecule has 0 atom stereocenters. The normalized spacial score (nSPS) is 11.8. The molecule has 1 aromatic carbocycles. The molecule has 0 bridgehead atoms. The van der Waals surface area contributed by atoms with Crippen molar-refractivity contribution in [1.82, 2.24) is 10.2 Å². The van der Waals surface area contributed by atoms with Crippen molar-refractivity contribution in [1.29, 1.82) is 0 Å². The van der Waals surface area contributed by atoms with Gasteiger partial charge >= 0.3 is 0 Å². The molecule has 1 N–H and O–H groups in total. The van der Waals surface area contributed by atoms with Crippen LogP contribution in [0.2, 0.25) is 0 Å². The van der Waals surface area contributed by atoms with E-state index in [2.05, 4.69) is 65.6 Å². The van der Waals surface area contributed by atoms with Crippen molar-refractivity contribution >= 4 is 5.96 Å². The molecule has 0 aliphatic carbocycles. The molecule has 0 aliphatic rings. The Hall–Kier alpha value is -1.77. The standard InChI is InChI=1S/C16H25N3/c1-4-6-10-13-18-16(17-5-2)19(3)14-15-11-8-7-9-12-15/h4,6-9,11-12H,5,10,13-14H2,1-3H3,(H,17,18)/b6-4+. The summed E-state index contributed by atoms with van der Waals surface area (Å²) in [5.41, 5.74) is 1.30. The Labute approximate surface area is 117 Å². The maximum atomic E-state index is 4.63. The maximum Gasteiger partial charge on any atom is 0.193 e. The molecule has 3 nitrogen and oxygen atoms in total. The predicted octanol–water partition coefficient (Wildman–Crippen LogP) is 3.05. The second kappa shape index (κ2) is 9.20. The van der Waals surface area contributed by atoms with Crippen LogP contribution in [0.1, 0.15) is 25.8 Å². The first kappa shape index (κ1) is 15.3. The van der Waals surface area contributed by atoms with E-state index in [0.717, 1.165) is 32.0 Å². The number of nitrogens with zero attached hydrogens (tertiary/aromatic N) is 2. The molecule has 0 amide bonds. The summed E-state index contributed by atoms with van der Waals surface area (Å²) < 4.78 is 0. The quantitative estimate of drug-likeness (QED) is 0.368. The largest absolute Gasteiger partial charge is 0.357 e. The molecule has 0 heterocycles. The Morgan fingerprint density at radius 1 is 1.32 bits per heavy atom. The highest BCUT2D eigenvalue weighted by Crippen LogP contribution is 2.03. The molecule has 0 spiro atoms. The smallest absolute Gasteiger partial charge is 0.193 e. The van der Waals surface area contributed by atoms with Crippen LogP contribution in [0, 0.1) is 0 Å². The first-order chi connectivity index (χ1) is 9.27. The summed E-state index contributed by atoms with van der Waals surface area (Å²) in [4.78, 5) is 6.79. The topological polar surface area (TPSA) is 27.6 Å². The van der Waals surface area contributed by atoms with Gasteiger partial charge in [-0.3, -0.25) is 4.99 Å². The Morgan fingerprint density at radius 3 is 2.68 bits per heavy atom. The van der Waals surface area contributed by atoms with Gasteiger partial charge in [-0.25, -0.2) is 0 Å². The number of aliphatic imine (C=N–C) groups is 1. The monoisotopic (exact) mass is 259 g/mol. The van der Waals surface area contributed by atoms with Crippen molar-refractivity contribution in [3.63, 3.8) is 0 Å². The van der Waals surface area contributed by atoms with Crippen LogP contribution in [0.15, 0.2) is 47.5 Å². The maximum absolute atomic E-state index is 4.63. The number of hydrogen-bond acceptors (Lipinski definition) is 1. The molecular weight excluding hydrogens is 234 g/mol. The van der Waals surface area contributed by atoms with Gasteiger partial charge in [0, 0.05) is 26.7 Å². The lowest BCUT2D eigenvalue weighted by Crippen LogP contribution is -2.38. The van der Waals surface area contributed by atoms with Crippen LogP contribution in [0.25, 0.3) is 0 Å². The van der Waals surface area contributed by atoms with E-state index >= 15 is 0 Å². The molecule has 0 saturated heterocycles. The third kappa shape index (κ3) is 6.09. The van der Waals surface area contributed by atoms with Gasteiger partial charge in [-0.2, -0.15) is 0 Å². The molecule has 0 aliphatic heterocycles. The van der Waals surface area contributed by atoms with Crippen molar-refractivity contribution in [2.24, 2.45) is 4.99 Å². The van der Waals surface area contributed by atoms with Crippen LogP contribution in [-0.2, 0) is 6.54 Å². The van der Waals surface area contributed by atoms with Crippen LogP contribution < -0.4 is 5.32 Å². The molecule has 19 heavy (non-hydrogen) atoms. The lowest BCUT2D eigenvalue weighted by molar-refractivity contribution is 0.477. The van der Waals surface area contributed by atoms with Crippen molar-refractivity contribution in [2.75, 3.05) is 20.1 Å². The molecule has 0 fully saturated rings. The summed E-state index contributed by atoms with van der Waals surface area (Å²) in [6, 6.07) is 10.5. The van der Waals surface area contributed by atoms with Crippen LogP contribution >= 0.6 is 0 Å². The molecule has 1 rings (SSSR count). The molecule has 1 aromatic rings. The van der Waals surface area contributed by atoms with E-state index in [9.17, 15) is 0 Å². The van der Waals surface area contributed by atoms with E-state index in [1.54, 1.807) is 0 Å². The fourth-order valence-electron chi connectivity index (χ4n) is 1.81. The van der Waals surface area contributed by atoms with Crippen LogP contribution in [0.3, 0.4) is 0 Å². The summed E-state index contributed by atoms with van der Waals surface area (Å²) in [5, 5.41) is 3.33. The fourth-order valence-corrected chi connectivity index (χ4v) is 1.81. The molecule has 0 unspecified atom stereocenters. The van der Waals surface area contributed by atoms with Gasteiger partial charge in [0.15, 0.2) is 5.96 Å². The van der Waals surface area contributed by atoms with Gasteiger partial charge in [0.05, 0.1) is 0 Å². The zero-order valence-corrected chi connectivity index (χ0v) is 12.3. The summed E-state index contributed by atoms with van der Waals surface area (Å²) in [6.07, 6.45) is 5.20. The van der Waals surface area contributed by atoms with E-state index in [-0.39, 0.29) is 0 Å². The van der Waals surface area contributed by atoms with Crippen molar-refractivity contribution in [3.8, 4) is 0 Å². The van der Waals surface area contributed by atoms with Gasteiger partial charge in [0.25, 0.3) is 0 Å². The minimum Gasteiger partial charge on any atom is -0.357 e. The molecule has 0 saturated carbocycles. The van der Waals surface area contributed by atoms with Crippen molar-refractivity contribution in [2.45, 2.75) is 26.8 Å². The van der Waals surface area contributed by atoms with Crippen molar-refractivity contribution in [3.05, 3.63) is 48.0 Å². The molecule has 0 radical (unpaired) electrons. The zero-order chi connectivity index (χ0) is 13.9. The minimum atomic E-state index is 0.825. The molecule has 0 aromatic heterocycles.